The van der Waals surface area contributed by atoms with Crippen LogP contribution in [0, 0.1) is 26.9 Å². The number of fused-ring (bicyclic) bond motifs is 1. The molecular weight excluding hydrogens is 232 g/mol. The first kappa shape index (κ1) is 12.0. The van der Waals surface area contributed by atoms with Crippen molar-refractivity contribution in [2.45, 2.75) is 20.4 Å². The van der Waals surface area contributed by atoms with Crippen molar-refractivity contribution in [2.24, 2.45) is 5.41 Å². The molecule has 0 aliphatic heterocycles. The molecule has 0 bridgehead atoms. The Morgan fingerprint density at radius 2 is 2.28 bits per heavy atom. The van der Waals surface area contributed by atoms with E-state index in [1.165, 1.54) is 12.3 Å². The Hall–Kier alpha value is -2.42. The fourth-order valence-corrected chi connectivity index (χ4v) is 1.78. The van der Waals surface area contributed by atoms with Gasteiger partial charge in [0.05, 0.1) is 40.1 Å². The molecule has 18 heavy (non-hydrogen) atoms. The van der Waals surface area contributed by atoms with Gasteiger partial charge in [-0.25, -0.2) is 0 Å². The van der Waals surface area contributed by atoms with Crippen LogP contribution >= 0.6 is 0 Å². The number of aromatic nitrogens is 2. The monoisotopic (exact) mass is 244 g/mol. The summed E-state index contributed by atoms with van der Waals surface area (Å²) in [5.41, 5.74) is 0.143. The van der Waals surface area contributed by atoms with Crippen molar-refractivity contribution in [3.8, 4) is 6.07 Å². The van der Waals surface area contributed by atoms with Crippen LogP contribution in [-0.2, 0) is 6.54 Å². The molecule has 0 N–H and O–H groups in total. The first-order valence-electron chi connectivity index (χ1n) is 5.45. The van der Waals surface area contributed by atoms with Gasteiger partial charge in [0, 0.05) is 6.07 Å². The van der Waals surface area contributed by atoms with Crippen LogP contribution in [0.1, 0.15) is 13.8 Å². The van der Waals surface area contributed by atoms with E-state index in [2.05, 4.69) is 11.2 Å². The van der Waals surface area contributed by atoms with Crippen molar-refractivity contribution in [3.05, 3.63) is 34.5 Å². The lowest BCUT2D eigenvalue weighted by Gasteiger charge is -2.15. The molecule has 0 radical (unpaired) electrons. The van der Waals surface area contributed by atoms with Gasteiger partial charge in [-0.1, -0.05) is 6.07 Å². The third kappa shape index (κ3) is 2.02. The van der Waals surface area contributed by atoms with Gasteiger partial charge in [0.15, 0.2) is 0 Å². The maximum absolute atomic E-state index is 10.9. The Kier molecular flexibility index (Phi) is 2.75. The summed E-state index contributed by atoms with van der Waals surface area (Å²) in [7, 11) is 0. The zero-order chi connectivity index (χ0) is 13.3. The molecule has 0 spiro atoms. The van der Waals surface area contributed by atoms with Crippen LogP contribution in [0.2, 0.25) is 0 Å². The van der Waals surface area contributed by atoms with Crippen LogP contribution in [0.25, 0.3) is 10.9 Å². The van der Waals surface area contributed by atoms with Gasteiger partial charge in [0.2, 0.25) is 0 Å². The molecule has 0 amide bonds. The van der Waals surface area contributed by atoms with Gasteiger partial charge in [-0.3, -0.25) is 14.8 Å². The Morgan fingerprint density at radius 3 is 2.89 bits per heavy atom. The molecule has 0 atom stereocenters. The Bertz CT molecular complexity index is 652. The van der Waals surface area contributed by atoms with Crippen molar-refractivity contribution in [1.82, 2.24) is 9.78 Å². The fourth-order valence-electron chi connectivity index (χ4n) is 1.78. The van der Waals surface area contributed by atoms with Gasteiger partial charge in [0.25, 0.3) is 5.69 Å². The number of nitro benzene ring substituents is 1. The fraction of sp³-hybridized carbons (Fsp3) is 0.333. The summed E-state index contributed by atoms with van der Waals surface area (Å²) in [6.45, 7) is 4.00. The normalized spacial score (nSPS) is 11.4. The molecule has 0 aliphatic carbocycles. The summed E-state index contributed by atoms with van der Waals surface area (Å²) in [5, 5.41) is 24.5. The molecule has 2 rings (SSSR count). The minimum absolute atomic E-state index is 0.0357. The summed E-state index contributed by atoms with van der Waals surface area (Å²) in [4.78, 5) is 10.5. The molecule has 92 valence electrons. The van der Waals surface area contributed by atoms with E-state index in [0.29, 0.717) is 17.4 Å². The second-order valence-corrected chi connectivity index (χ2v) is 4.76. The molecule has 1 aromatic heterocycles. The minimum Gasteiger partial charge on any atom is -0.263 e. The molecule has 0 saturated heterocycles. The predicted octanol–water partition coefficient (Wildman–Crippen LogP) is 2.49. The van der Waals surface area contributed by atoms with Crippen LogP contribution in [0.4, 0.5) is 5.69 Å². The lowest BCUT2D eigenvalue weighted by Crippen LogP contribution is -2.18. The Morgan fingerprint density at radius 1 is 1.56 bits per heavy atom. The zero-order valence-corrected chi connectivity index (χ0v) is 10.1. The number of nitrogens with zero attached hydrogens (tertiary/aromatic N) is 4. The van der Waals surface area contributed by atoms with Gasteiger partial charge in [-0.05, 0) is 19.9 Å². The first-order valence-corrected chi connectivity index (χ1v) is 5.45. The number of benzene rings is 1. The average molecular weight is 244 g/mol. The second kappa shape index (κ2) is 4.11. The van der Waals surface area contributed by atoms with Crippen molar-refractivity contribution < 1.29 is 4.92 Å². The van der Waals surface area contributed by atoms with Gasteiger partial charge >= 0.3 is 0 Å². The van der Waals surface area contributed by atoms with E-state index >= 15 is 0 Å². The molecule has 6 heteroatoms. The number of non-ortho nitro benzene ring substituents is 1. The topological polar surface area (TPSA) is 84.8 Å². The SMILES string of the molecule is CC(C)(C#N)Cn1ncc2c([N+](=O)[O-])cccc21. The molecule has 1 heterocycles. The average Bonchev–Trinajstić information content (AvgIpc) is 2.72. The smallest absolute Gasteiger partial charge is 0.263 e. The number of hydrogen-bond donors (Lipinski definition) is 0. The van der Waals surface area contributed by atoms with E-state index in [-0.39, 0.29) is 5.69 Å². The van der Waals surface area contributed by atoms with Crippen LogP contribution in [-0.4, -0.2) is 14.7 Å². The third-order valence-electron chi connectivity index (χ3n) is 2.71. The summed E-state index contributed by atoms with van der Waals surface area (Å²) < 4.78 is 1.63. The Labute approximate surface area is 104 Å². The number of rotatable bonds is 3. The van der Waals surface area contributed by atoms with E-state index < -0.39 is 10.3 Å². The standard InChI is InChI=1S/C12H12N4O2/c1-12(2,7-13)8-15-10-4-3-5-11(16(17)18)9(10)6-14-15/h3-6H,8H2,1-2H3. The number of hydrogen-bond acceptors (Lipinski definition) is 4. The van der Waals surface area contributed by atoms with Crippen molar-refractivity contribution in [1.29, 1.82) is 5.26 Å². The molecule has 0 fully saturated rings. The highest BCUT2D eigenvalue weighted by molar-refractivity contribution is 5.87. The molecule has 0 aliphatic rings. The van der Waals surface area contributed by atoms with E-state index in [1.807, 2.05) is 0 Å². The van der Waals surface area contributed by atoms with E-state index in [4.69, 9.17) is 5.26 Å². The highest BCUT2D eigenvalue weighted by atomic mass is 16.6. The molecule has 1 aromatic carbocycles. The summed E-state index contributed by atoms with van der Waals surface area (Å²) in [6, 6.07) is 7.02. The van der Waals surface area contributed by atoms with Crippen molar-refractivity contribution in [3.63, 3.8) is 0 Å². The van der Waals surface area contributed by atoms with Gasteiger partial charge < -0.3 is 0 Å². The van der Waals surface area contributed by atoms with Crippen LogP contribution in [0.3, 0.4) is 0 Å². The quantitative estimate of drug-likeness (QED) is 0.613. The molecule has 0 saturated carbocycles. The first-order chi connectivity index (χ1) is 8.44. The van der Waals surface area contributed by atoms with Crippen LogP contribution in [0.5, 0.6) is 0 Å². The third-order valence-corrected chi connectivity index (χ3v) is 2.71. The number of nitriles is 1. The van der Waals surface area contributed by atoms with Gasteiger partial charge in [-0.2, -0.15) is 10.4 Å². The molecule has 6 nitrogen and oxygen atoms in total. The highest BCUT2D eigenvalue weighted by Crippen LogP contribution is 2.27. The summed E-state index contributed by atoms with van der Waals surface area (Å²) >= 11 is 0. The molecule has 0 unspecified atom stereocenters. The summed E-state index contributed by atoms with van der Waals surface area (Å²) in [6.07, 6.45) is 1.47. The lowest BCUT2D eigenvalue weighted by molar-refractivity contribution is -0.383. The molecule has 2 aromatic rings. The van der Waals surface area contributed by atoms with E-state index in [1.54, 1.807) is 30.7 Å². The maximum atomic E-state index is 10.9. The van der Waals surface area contributed by atoms with Gasteiger partial charge in [-0.15, -0.1) is 0 Å². The molecular formula is C12H12N4O2. The van der Waals surface area contributed by atoms with Crippen LogP contribution < -0.4 is 0 Å². The van der Waals surface area contributed by atoms with Crippen molar-refractivity contribution >= 4 is 16.6 Å². The zero-order valence-electron chi connectivity index (χ0n) is 10.1. The summed E-state index contributed by atoms with van der Waals surface area (Å²) in [5.74, 6) is 0. The Balaban J connectivity index is 2.54. The maximum Gasteiger partial charge on any atom is 0.280 e. The largest absolute Gasteiger partial charge is 0.280 e. The highest BCUT2D eigenvalue weighted by Gasteiger charge is 2.21. The van der Waals surface area contributed by atoms with E-state index in [9.17, 15) is 10.1 Å². The number of nitro groups is 1. The van der Waals surface area contributed by atoms with Crippen molar-refractivity contribution in [2.75, 3.05) is 0 Å². The lowest BCUT2D eigenvalue weighted by atomic mass is 9.96. The second-order valence-electron chi connectivity index (χ2n) is 4.76. The van der Waals surface area contributed by atoms with E-state index in [0.717, 1.165) is 0 Å². The van der Waals surface area contributed by atoms with Crippen LogP contribution in [0.15, 0.2) is 24.4 Å². The predicted molar refractivity (Wildman–Crippen MR) is 65.8 cm³/mol. The minimum atomic E-state index is -0.566. The van der Waals surface area contributed by atoms with Gasteiger partial charge in [0.1, 0.15) is 0 Å².